The molecule has 1 aromatic rings. The number of Topliss-reactive ketones (excluding diaryl/α,β-unsaturated/α-hetero) is 1. The summed E-state index contributed by atoms with van der Waals surface area (Å²) in [6.45, 7) is 0.132. The Balaban J connectivity index is 2.40. The first-order chi connectivity index (χ1) is 6.34. The number of thioether (sulfide) groups is 1. The zero-order valence-corrected chi connectivity index (χ0v) is 8.09. The average molecular weight is 196 g/mol. The van der Waals surface area contributed by atoms with Gasteiger partial charge in [-0.05, 0) is 0 Å². The van der Waals surface area contributed by atoms with Gasteiger partial charge in [0.25, 0.3) is 0 Å². The molecule has 0 aromatic heterocycles. The van der Waals surface area contributed by atoms with Crippen molar-refractivity contribution in [2.45, 2.75) is 0 Å². The van der Waals surface area contributed by atoms with Gasteiger partial charge in [0.15, 0.2) is 5.78 Å². The van der Waals surface area contributed by atoms with Gasteiger partial charge in [0.05, 0.1) is 12.4 Å². The van der Waals surface area contributed by atoms with E-state index in [2.05, 4.69) is 0 Å². The average Bonchev–Trinajstić information content (AvgIpc) is 2.19. The van der Waals surface area contributed by atoms with E-state index in [1.54, 1.807) is 0 Å². The number of hydrogen-bond donors (Lipinski definition) is 1. The van der Waals surface area contributed by atoms with Crippen LogP contribution in [-0.4, -0.2) is 29.0 Å². The first kappa shape index (κ1) is 10.3. The maximum Gasteiger partial charge on any atom is 0.172 e. The van der Waals surface area contributed by atoms with Crippen LogP contribution in [0.3, 0.4) is 0 Å². The Kier molecular flexibility index (Phi) is 4.57. The summed E-state index contributed by atoms with van der Waals surface area (Å²) >= 11 is 1.46. The Labute approximate surface area is 82.0 Å². The van der Waals surface area contributed by atoms with Crippen LogP contribution in [0.5, 0.6) is 0 Å². The van der Waals surface area contributed by atoms with Crippen molar-refractivity contribution in [3.05, 3.63) is 35.9 Å². The molecule has 70 valence electrons. The molecular formula is C10H12O2S. The molecule has 0 saturated carbocycles. The second kappa shape index (κ2) is 5.78. The lowest BCUT2D eigenvalue weighted by Crippen LogP contribution is -2.03. The van der Waals surface area contributed by atoms with E-state index in [4.69, 9.17) is 5.11 Å². The minimum Gasteiger partial charge on any atom is -0.396 e. The summed E-state index contributed by atoms with van der Waals surface area (Å²) in [5.74, 6) is 1.20. The standard InChI is InChI=1S/C10H12O2S/c11-6-7-13-8-10(12)9-4-2-1-3-5-9/h1-5,11H,6-8H2. The summed E-state index contributed by atoms with van der Waals surface area (Å²) in [5.41, 5.74) is 0.743. The van der Waals surface area contributed by atoms with Crippen LogP contribution in [0.4, 0.5) is 0 Å². The molecule has 1 rings (SSSR count). The zero-order valence-electron chi connectivity index (χ0n) is 7.27. The van der Waals surface area contributed by atoms with E-state index >= 15 is 0 Å². The smallest absolute Gasteiger partial charge is 0.172 e. The minimum atomic E-state index is 0.124. The number of carbonyl (C=O) groups is 1. The molecule has 13 heavy (non-hydrogen) atoms. The number of ketones is 1. The lowest BCUT2D eigenvalue weighted by atomic mass is 10.2. The third kappa shape index (κ3) is 3.61. The molecule has 1 aromatic carbocycles. The van der Waals surface area contributed by atoms with Gasteiger partial charge in [-0.1, -0.05) is 30.3 Å². The van der Waals surface area contributed by atoms with Crippen LogP contribution >= 0.6 is 11.8 Å². The third-order valence-corrected chi connectivity index (χ3v) is 2.50. The molecule has 2 nitrogen and oxygen atoms in total. The molecule has 0 atom stereocenters. The van der Waals surface area contributed by atoms with E-state index in [9.17, 15) is 4.79 Å². The normalized spacial score (nSPS) is 9.92. The van der Waals surface area contributed by atoms with Gasteiger partial charge in [0.1, 0.15) is 0 Å². The molecule has 0 saturated heterocycles. The second-order valence-electron chi connectivity index (χ2n) is 2.57. The molecule has 0 bridgehead atoms. The van der Waals surface area contributed by atoms with Crippen molar-refractivity contribution < 1.29 is 9.90 Å². The van der Waals surface area contributed by atoms with Crippen LogP contribution in [0, 0.1) is 0 Å². The molecule has 1 N–H and O–H groups in total. The SMILES string of the molecule is O=C(CSCCO)c1ccccc1. The first-order valence-corrected chi connectivity index (χ1v) is 5.27. The fourth-order valence-electron chi connectivity index (χ4n) is 0.937. The predicted octanol–water partition coefficient (Wildman–Crippen LogP) is 1.59. The molecule has 0 aliphatic carbocycles. The molecule has 0 aliphatic heterocycles. The van der Waals surface area contributed by atoms with Gasteiger partial charge in [0, 0.05) is 11.3 Å². The lowest BCUT2D eigenvalue weighted by Gasteiger charge is -1.98. The van der Waals surface area contributed by atoms with Crippen molar-refractivity contribution in [1.82, 2.24) is 0 Å². The molecule has 0 spiro atoms. The van der Waals surface area contributed by atoms with Gasteiger partial charge in [-0.2, -0.15) is 11.8 Å². The minimum absolute atomic E-state index is 0.124. The number of benzene rings is 1. The number of aliphatic hydroxyl groups is 1. The lowest BCUT2D eigenvalue weighted by molar-refractivity contribution is 0.102. The highest BCUT2D eigenvalue weighted by molar-refractivity contribution is 8.00. The summed E-state index contributed by atoms with van der Waals surface area (Å²) in [6, 6.07) is 9.20. The van der Waals surface area contributed by atoms with Gasteiger partial charge in [0.2, 0.25) is 0 Å². The van der Waals surface area contributed by atoms with Crippen LogP contribution in [0.2, 0.25) is 0 Å². The highest BCUT2D eigenvalue weighted by Crippen LogP contribution is 2.06. The second-order valence-corrected chi connectivity index (χ2v) is 3.67. The molecule has 0 unspecified atom stereocenters. The molecular weight excluding hydrogens is 184 g/mol. The predicted molar refractivity (Wildman–Crippen MR) is 55.2 cm³/mol. The molecule has 0 fully saturated rings. The van der Waals surface area contributed by atoms with Crippen molar-refractivity contribution in [3.63, 3.8) is 0 Å². The van der Waals surface area contributed by atoms with Crippen LogP contribution in [-0.2, 0) is 0 Å². The van der Waals surface area contributed by atoms with Crippen molar-refractivity contribution in [2.24, 2.45) is 0 Å². The number of hydrogen-bond acceptors (Lipinski definition) is 3. The van der Waals surface area contributed by atoms with E-state index in [1.165, 1.54) is 11.8 Å². The zero-order chi connectivity index (χ0) is 9.52. The maximum absolute atomic E-state index is 11.4. The van der Waals surface area contributed by atoms with E-state index in [0.29, 0.717) is 11.5 Å². The van der Waals surface area contributed by atoms with Crippen molar-refractivity contribution >= 4 is 17.5 Å². The molecule has 0 radical (unpaired) electrons. The Morgan fingerprint density at radius 1 is 1.31 bits per heavy atom. The Morgan fingerprint density at radius 2 is 2.00 bits per heavy atom. The number of aliphatic hydroxyl groups excluding tert-OH is 1. The molecule has 0 amide bonds. The molecule has 0 heterocycles. The van der Waals surface area contributed by atoms with Gasteiger partial charge in [-0.3, -0.25) is 4.79 Å². The van der Waals surface area contributed by atoms with Crippen molar-refractivity contribution in [3.8, 4) is 0 Å². The highest BCUT2D eigenvalue weighted by atomic mass is 32.2. The molecule has 0 aliphatic rings. The summed E-state index contributed by atoms with van der Waals surface area (Å²) in [5, 5.41) is 8.52. The van der Waals surface area contributed by atoms with Crippen LogP contribution in [0.1, 0.15) is 10.4 Å². The quantitative estimate of drug-likeness (QED) is 0.574. The fraction of sp³-hybridized carbons (Fsp3) is 0.300. The van der Waals surface area contributed by atoms with Crippen molar-refractivity contribution in [1.29, 1.82) is 0 Å². The summed E-state index contributed by atoms with van der Waals surface area (Å²) in [4.78, 5) is 11.4. The van der Waals surface area contributed by atoms with Gasteiger partial charge < -0.3 is 5.11 Å². The third-order valence-electron chi connectivity index (χ3n) is 1.56. The van der Waals surface area contributed by atoms with Crippen molar-refractivity contribution in [2.75, 3.05) is 18.1 Å². The summed E-state index contributed by atoms with van der Waals surface area (Å²) < 4.78 is 0. The monoisotopic (exact) mass is 196 g/mol. The number of carbonyl (C=O) groups excluding carboxylic acids is 1. The summed E-state index contributed by atoms with van der Waals surface area (Å²) in [7, 11) is 0. The van der Waals surface area contributed by atoms with E-state index in [1.807, 2.05) is 30.3 Å². The maximum atomic E-state index is 11.4. The van der Waals surface area contributed by atoms with E-state index in [0.717, 1.165) is 5.56 Å². The first-order valence-electron chi connectivity index (χ1n) is 4.11. The highest BCUT2D eigenvalue weighted by Gasteiger charge is 2.03. The van der Waals surface area contributed by atoms with Gasteiger partial charge in [-0.25, -0.2) is 0 Å². The van der Waals surface area contributed by atoms with E-state index < -0.39 is 0 Å². The Morgan fingerprint density at radius 3 is 2.62 bits per heavy atom. The van der Waals surface area contributed by atoms with Gasteiger partial charge in [-0.15, -0.1) is 0 Å². The van der Waals surface area contributed by atoms with Crippen LogP contribution < -0.4 is 0 Å². The van der Waals surface area contributed by atoms with Crippen LogP contribution in [0.15, 0.2) is 30.3 Å². The molecule has 3 heteroatoms. The van der Waals surface area contributed by atoms with Gasteiger partial charge >= 0.3 is 0 Å². The largest absolute Gasteiger partial charge is 0.396 e. The number of rotatable bonds is 5. The fourth-order valence-corrected chi connectivity index (χ4v) is 1.56. The van der Waals surface area contributed by atoms with E-state index in [-0.39, 0.29) is 12.4 Å². The Bertz CT molecular complexity index is 259. The Hall–Kier alpha value is -0.800. The summed E-state index contributed by atoms with van der Waals surface area (Å²) in [6.07, 6.45) is 0. The topological polar surface area (TPSA) is 37.3 Å². The van der Waals surface area contributed by atoms with Crippen LogP contribution in [0.25, 0.3) is 0 Å².